The van der Waals surface area contributed by atoms with Gasteiger partial charge in [-0.05, 0) is 53.0 Å². The molecule has 4 nitrogen and oxygen atoms in total. The highest BCUT2D eigenvalue weighted by Crippen LogP contribution is 2.49. The Kier molecular flexibility index (Phi) is 22.2. The first-order valence-corrected chi connectivity index (χ1v) is 14.7. The molecule has 0 saturated carbocycles. The number of hydrogen-bond acceptors (Lipinski definition) is 4. The van der Waals surface area contributed by atoms with Gasteiger partial charge in [-0.25, -0.2) is 0 Å². The molecule has 2 N–H and O–H groups in total. The van der Waals surface area contributed by atoms with Gasteiger partial charge < -0.3 is 19.9 Å². The van der Waals surface area contributed by atoms with E-state index < -0.39 is 5.97 Å². The Balaban J connectivity index is 5.40. The molecule has 1 atom stereocenters. The van der Waals surface area contributed by atoms with Crippen molar-refractivity contribution in [3.8, 4) is 0 Å². The van der Waals surface area contributed by atoms with E-state index >= 15 is 0 Å². The minimum Gasteiger partial charge on any atom is -0.330 e. The highest BCUT2D eigenvalue weighted by Gasteiger charge is 2.53. The quantitative estimate of drug-likeness (QED) is 0.101. The molecule has 0 fully saturated rings. The molecule has 200 valence electrons. The van der Waals surface area contributed by atoms with Crippen LogP contribution >= 0.6 is 0 Å². The summed E-state index contributed by atoms with van der Waals surface area (Å²) in [4.78, 5) is 0. The second-order valence-corrected chi connectivity index (χ2v) is 9.77. The fourth-order valence-corrected chi connectivity index (χ4v) is 5.27. The molecule has 0 aromatic heterocycles. The molecule has 0 aliphatic carbocycles. The van der Waals surface area contributed by atoms with Crippen LogP contribution in [0.5, 0.6) is 0 Å². The van der Waals surface area contributed by atoms with Gasteiger partial charge in [-0.15, -0.1) is 0 Å². The summed E-state index contributed by atoms with van der Waals surface area (Å²) in [5.41, 5.74) is 5.88. The topological polar surface area (TPSA) is 53.7 Å². The van der Waals surface area contributed by atoms with Crippen LogP contribution in [0.25, 0.3) is 0 Å². The van der Waals surface area contributed by atoms with Crippen LogP contribution in [0.4, 0.5) is 0 Å². The lowest BCUT2D eigenvalue weighted by atomic mass is 9.71. The molecule has 4 heteroatoms. The molecule has 0 heterocycles. The maximum atomic E-state index is 6.41. The van der Waals surface area contributed by atoms with Crippen LogP contribution < -0.4 is 5.73 Å². The Morgan fingerprint density at radius 2 is 0.788 bits per heavy atom. The lowest BCUT2D eigenvalue weighted by molar-refractivity contribution is -0.432. The van der Waals surface area contributed by atoms with Crippen LogP contribution in [0.15, 0.2) is 0 Å². The second-order valence-electron chi connectivity index (χ2n) is 9.77. The predicted octanol–water partition coefficient (Wildman–Crippen LogP) is 8.76. The van der Waals surface area contributed by atoms with Crippen molar-refractivity contribution in [2.45, 2.75) is 156 Å². The number of nitrogens with two attached hydrogens (primary N) is 1. The van der Waals surface area contributed by atoms with Crippen molar-refractivity contribution in [2.75, 3.05) is 26.4 Å². The average Bonchev–Trinajstić information content (AvgIpc) is 2.81. The Hall–Kier alpha value is -0.160. The Morgan fingerprint density at radius 1 is 0.455 bits per heavy atom. The van der Waals surface area contributed by atoms with Crippen molar-refractivity contribution in [1.82, 2.24) is 0 Å². The van der Waals surface area contributed by atoms with Crippen molar-refractivity contribution in [3.63, 3.8) is 0 Å². The van der Waals surface area contributed by atoms with Crippen molar-refractivity contribution < 1.29 is 14.2 Å². The smallest absolute Gasteiger partial charge is 0.288 e. The number of ether oxygens (including phenoxy) is 3. The highest BCUT2D eigenvalue weighted by atomic mass is 16.9. The standard InChI is InChI=1S/C29H61NO3/c1-6-11-13-15-17-18-20-22-25-28(26-23-27-30,24-21-19-16-14-12-7-2)29(31-8-3,32-9-4)33-10-5/h6-27,30H2,1-5H3. The maximum Gasteiger partial charge on any atom is 0.288 e. The molecule has 0 rings (SSSR count). The fraction of sp³-hybridized carbons (Fsp3) is 1.00. The summed E-state index contributed by atoms with van der Waals surface area (Å²) in [7, 11) is 0. The van der Waals surface area contributed by atoms with Crippen molar-refractivity contribution in [3.05, 3.63) is 0 Å². The molecule has 0 saturated heterocycles. The number of hydrogen-bond donors (Lipinski definition) is 1. The van der Waals surface area contributed by atoms with E-state index in [0.29, 0.717) is 26.4 Å². The van der Waals surface area contributed by atoms with Crippen molar-refractivity contribution >= 4 is 0 Å². The first-order valence-electron chi connectivity index (χ1n) is 14.7. The van der Waals surface area contributed by atoms with E-state index in [4.69, 9.17) is 19.9 Å². The summed E-state index contributed by atoms with van der Waals surface area (Å²) in [6.07, 6.45) is 22.6. The molecule has 0 amide bonds. The third kappa shape index (κ3) is 13.5. The SMILES string of the molecule is CCCCCCCCCCC(CCCN)(CCCCCCCC)C(OCC)(OCC)OCC. The highest BCUT2D eigenvalue weighted by molar-refractivity contribution is 4.90. The Bertz CT molecular complexity index is 387. The molecular formula is C29H61NO3. The van der Waals surface area contributed by atoms with Crippen LogP contribution in [-0.4, -0.2) is 32.3 Å². The van der Waals surface area contributed by atoms with Gasteiger partial charge in [0.15, 0.2) is 0 Å². The van der Waals surface area contributed by atoms with Crippen LogP contribution in [-0.2, 0) is 14.2 Å². The predicted molar refractivity (Wildman–Crippen MR) is 144 cm³/mol. The zero-order valence-electron chi connectivity index (χ0n) is 23.4. The van der Waals surface area contributed by atoms with E-state index in [1.165, 1.54) is 89.9 Å². The van der Waals surface area contributed by atoms with E-state index in [9.17, 15) is 0 Å². The lowest BCUT2D eigenvalue weighted by Gasteiger charge is -2.49. The third-order valence-corrected chi connectivity index (χ3v) is 7.03. The van der Waals surface area contributed by atoms with Gasteiger partial charge in [-0.3, -0.25) is 0 Å². The zero-order chi connectivity index (χ0) is 24.7. The van der Waals surface area contributed by atoms with E-state index in [1.54, 1.807) is 0 Å². The largest absolute Gasteiger partial charge is 0.330 e. The first kappa shape index (κ1) is 32.8. The van der Waals surface area contributed by atoms with E-state index in [0.717, 1.165) is 25.7 Å². The van der Waals surface area contributed by atoms with Gasteiger partial charge >= 0.3 is 0 Å². The maximum absolute atomic E-state index is 6.41. The van der Waals surface area contributed by atoms with E-state index in [2.05, 4.69) is 34.6 Å². The first-order chi connectivity index (χ1) is 16.1. The van der Waals surface area contributed by atoms with Crippen LogP contribution in [0, 0.1) is 5.41 Å². The monoisotopic (exact) mass is 471 g/mol. The second kappa shape index (κ2) is 22.3. The van der Waals surface area contributed by atoms with Crippen molar-refractivity contribution in [1.29, 1.82) is 0 Å². The van der Waals surface area contributed by atoms with Gasteiger partial charge in [0.25, 0.3) is 5.97 Å². The average molecular weight is 472 g/mol. The van der Waals surface area contributed by atoms with Gasteiger partial charge in [-0.2, -0.15) is 0 Å². The molecule has 0 bridgehead atoms. The molecule has 0 radical (unpaired) electrons. The molecular weight excluding hydrogens is 410 g/mol. The van der Waals surface area contributed by atoms with Gasteiger partial charge in [0.1, 0.15) is 0 Å². The zero-order valence-corrected chi connectivity index (χ0v) is 23.4. The fourth-order valence-electron chi connectivity index (χ4n) is 5.27. The summed E-state index contributed by atoms with van der Waals surface area (Å²) in [5.74, 6) is -0.953. The molecule has 0 aromatic carbocycles. The van der Waals surface area contributed by atoms with Crippen LogP contribution in [0.3, 0.4) is 0 Å². The number of rotatable bonds is 26. The van der Waals surface area contributed by atoms with Gasteiger partial charge in [0.2, 0.25) is 0 Å². The van der Waals surface area contributed by atoms with Crippen molar-refractivity contribution in [2.24, 2.45) is 11.1 Å². The molecule has 0 aromatic rings. The summed E-state index contributed by atoms with van der Waals surface area (Å²) in [6.45, 7) is 13.2. The Morgan fingerprint density at radius 3 is 1.12 bits per heavy atom. The summed E-state index contributed by atoms with van der Waals surface area (Å²) < 4.78 is 19.2. The lowest BCUT2D eigenvalue weighted by Crippen LogP contribution is -2.55. The normalized spacial score (nSPS) is 14.0. The molecule has 0 aliphatic heterocycles. The van der Waals surface area contributed by atoms with Crippen LogP contribution in [0.1, 0.15) is 150 Å². The molecule has 33 heavy (non-hydrogen) atoms. The van der Waals surface area contributed by atoms with Gasteiger partial charge in [0, 0.05) is 19.8 Å². The third-order valence-electron chi connectivity index (χ3n) is 7.03. The van der Waals surface area contributed by atoms with Gasteiger partial charge in [0.05, 0.1) is 5.41 Å². The summed E-state index contributed by atoms with van der Waals surface area (Å²) >= 11 is 0. The molecule has 0 aliphatic rings. The summed E-state index contributed by atoms with van der Waals surface area (Å²) in [6, 6.07) is 0. The minimum absolute atomic E-state index is 0.138. The minimum atomic E-state index is -0.953. The van der Waals surface area contributed by atoms with E-state index in [-0.39, 0.29) is 5.41 Å². The summed E-state index contributed by atoms with van der Waals surface area (Å²) in [5, 5.41) is 0. The van der Waals surface area contributed by atoms with E-state index in [1.807, 2.05) is 0 Å². The number of unbranched alkanes of at least 4 members (excludes halogenated alkanes) is 12. The van der Waals surface area contributed by atoms with Crippen LogP contribution in [0.2, 0.25) is 0 Å². The van der Waals surface area contributed by atoms with Gasteiger partial charge in [-0.1, -0.05) is 104 Å². The Labute approximate surface area is 208 Å². The molecule has 1 unspecified atom stereocenters. The molecule has 0 spiro atoms.